The molecule has 0 saturated heterocycles. The summed E-state index contributed by atoms with van der Waals surface area (Å²) in [6.45, 7) is 1.79. The van der Waals surface area contributed by atoms with E-state index in [1.165, 1.54) is 5.01 Å². The number of imidazole rings is 1. The Hall–Kier alpha value is -3.72. The van der Waals surface area contributed by atoms with E-state index in [0.717, 1.165) is 11.0 Å². The Morgan fingerprint density at radius 3 is 2.65 bits per heavy atom. The van der Waals surface area contributed by atoms with Gasteiger partial charge in [0, 0.05) is 0 Å². The zero-order valence-corrected chi connectivity index (χ0v) is 14.0. The van der Waals surface area contributed by atoms with Gasteiger partial charge in [-0.3, -0.25) is 4.79 Å². The number of amides is 1. The van der Waals surface area contributed by atoms with Crippen molar-refractivity contribution in [3.63, 3.8) is 0 Å². The third-order valence-electron chi connectivity index (χ3n) is 4.28. The molecule has 1 unspecified atom stereocenters. The molecule has 0 radical (unpaired) electrons. The van der Waals surface area contributed by atoms with Crippen LogP contribution in [-0.2, 0) is 4.79 Å². The number of rotatable bonds is 3. The van der Waals surface area contributed by atoms with Crippen molar-refractivity contribution in [3.05, 3.63) is 66.5 Å². The molecule has 0 spiro atoms. The number of benzene rings is 2. The monoisotopic (exact) mass is 341 g/mol. The minimum atomic E-state index is -0.585. The SMILES string of the molecule is CC1=NN(c2ccccc2)C(=O)C1/C=C(\C#N)c1nc2ccccc2[nH]1. The van der Waals surface area contributed by atoms with Gasteiger partial charge < -0.3 is 4.98 Å². The van der Waals surface area contributed by atoms with Gasteiger partial charge in [-0.1, -0.05) is 30.3 Å². The van der Waals surface area contributed by atoms with Gasteiger partial charge in [0.2, 0.25) is 0 Å². The van der Waals surface area contributed by atoms with E-state index in [0.29, 0.717) is 22.8 Å². The fraction of sp³-hybridized carbons (Fsp3) is 0.100. The Balaban J connectivity index is 1.69. The summed E-state index contributed by atoms with van der Waals surface area (Å²) in [4.78, 5) is 20.4. The number of nitriles is 1. The highest BCUT2D eigenvalue weighted by molar-refractivity contribution is 6.16. The molecule has 0 aliphatic carbocycles. The molecule has 26 heavy (non-hydrogen) atoms. The van der Waals surface area contributed by atoms with Crippen LogP contribution in [0, 0.1) is 17.2 Å². The molecule has 1 aromatic heterocycles. The third-order valence-corrected chi connectivity index (χ3v) is 4.28. The number of aromatic amines is 1. The van der Waals surface area contributed by atoms with Crippen LogP contribution in [-0.4, -0.2) is 21.6 Å². The highest BCUT2D eigenvalue weighted by Crippen LogP contribution is 2.26. The number of hydrogen-bond acceptors (Lipinski definition) is 4. The van der Waals surface area contributed by atoms with E-state index in [1.54, 1.807) is 13.0 Å². The maximum atomic E-state index is 12.8. The topological polar surface area (TPSA) is 85.1 Å². The van der Waals surface area contributed by atoms with E-state index in [4.69, 9.17) is 0 Å². The lowest BCUT2D eigenvalue weighted by atomic mass is 10.0. The van der Waals surface area contributed by atoms with Crippen molar-refractivity contribution in [3.8, 4) is 6.07 Å². The number of carbonyl (C=O) groups excluding carboxylic acids is 1. The molecule has 1 atom stereocenters. The van der Waals surface area contributed by atoms with E-state index in [1.807, 2.05) is 54.6 Å². The molecule has 6 nitrogen and oxygen atoms in total. The van der Waals surface area contributed by atoms with Crippen LogP contribution in [0.3, 0.4) is 0 Å². The van der Waals surface area contributed by atoms with E-state index in [-0.39, 0.29) is 5.91 Å². The summed E-state index contributed by atoms with van der Waals surface area (Å²) >= 11 is 0. The first-order chi connectivity index (χ1) is 12.7. The van der Waals surface area contributed by atoms with Crippen LogP contribution < -0.4 is 5.01 Å². The summed E-state index contributed by atoms with van der Waals surface area (Å²) in [5.41, 5.74) is 3.29. The standard InChI is InChI=1S/C20H15N5O/c1-13-16(20(26)25(24-13)15-7-3-2-4-8-15)11-14(12-21)19-22-17-9-5-6-10-18(17)23-19/h2-11,16H,1H3,(H,22,23)/b14-11+. The average Bonchev–Trinajstić information content (AvgIpc) is 3.22. The number of carbonyl (C=O) groups is 1. The summed E-state index contributed by atoms with van der Waals surface area (Å²) in [6, 6.07) is 18.9. The number of fused-ring (bicyclic) bond motifs is 1. The van der Waals surface area contributed by atoms with Crippen LogP contribution in [0.15, 0.2) is 65.8 Å². The summed E-state index contributed by atoms with van der Waals surface area (Å²) in [5.74, 6) is -0.317. The van der Waals surface area contributed by atoms with Crippen molar-refractivity contribution in [2.75, 3.05) is 5.01 Å². The fourth-order valence-electron chi connectivity index (χ4n) is 2.94. The number of hydrogen-bond donors (Lipinski definition) is 1. The molecule has 1 aliphatic rings. The molecule has 0 fully saturated rings. The van der Waals surface area contributed by atoms with Crippen molar-refractivity contribution in [2.24, 2.45) is 11.0 Å². The molecule has 3 aromatic rings. The molecule has 1 N–H and O–H groups in total. The van der Waals surface area contributed by atoms with Crippen molar-refractivity contribution < 1.29 is 4.79 Å². The van der Waals surface area contributed by atoms with Crippen molar-refractivity contribution in [2.45, 2.75) is 6.92 Å². The summed E-state index contributed by atoms with van der Waals surface area (Å²) in [6.07, 6.45) is 1.63. The zero-order chi connectivity index (χ0) is 18.1. The Morgan fingerprint density at radius 1 is 1.19 bits per heavy atom. The van der Waals surface area contributed by atoms with Crippen LogP contribution in [0.4, 0.5) is 5.69 Å². The Bertz CT molecular complexity index is 1060. The number of anilines is 1. The van der Waals surface area contributed by atoms with Gasteiger partial charge in [0.15, 0.2) is 0 Å². The lowest BCUT2D eigenvalue weighted by Gasteiger charge is -2.12. The number of aromatic nitrogens is 2. The van der Waals surface area contributed by atoms with Crippen LogP contribution in [0.1, 0.15) is 12.7 Å². The number of H-pyrrole nitrogens is 1. The average molecular weight is 341 g/mol. The molecule has 0 bridgehead atoms. The lowest BCUT2D eigenvalue weighted by Crippen LogP contribution is -2.26. The number of nitrogens with one attached hydrogen (secondary N) is 1. The van der Waals surface area contributed by atoms with Crippen LogP contribution in [0.5, 0.6) is 0 Å². The van der Waals surface area contributed by atoms with Crippen molar-refractivity contribution in [1.29, 1.82) is 5.26 Å². The lowest BCUT2D eigenvalue weighted by molar-refractivity contribution is -0.118. The van der Waals surface area contributed by atoms with Gasteiger partial charge in [-0.15, -0.1) is 0 Å². The number of allylic oxidation sites excluding steroid dienone is 1. The smallest absolute Gasteiger partial charge is 0.260 e. The largest absolute Gasteiger partial charge is 0.337 e. The Morgan fingerprint density at radius 2 is 1.92 bits per heavy atom. The van der Waals surface area contributed by atoms with Crippen molar-refractivity contribution in [1.82, 2.24) is 9.97 Å². The predicted octanol–water partition coefficient (Wildman–Crippen LogP) is 3.51. The van der Waals surface area contributed by atoms with Gasteiger partial charge in [0.05, 0.1) is 33.9 Å². The molecule has 126 valence electrons. The minimum Gasteiger partial charge on any atom is -0.337 e. The first-order valence-corrected chi connectivity index (χ1v) is 8.18. The van der Waals surface area contributed by atoms with E-state index in [9.17, 15) is 10.1 Å². The summed E-state index contributed by atoms with van der Waals surface area (Å²) < 4.78 is 0. The highest BCUT2D eigenvalue weighted by atomic mass is 16.2. The second-order valence-corrected chi connectivity index (χ2v) is 6.00. The molecular weight excluding hydrogens is 326 g/mol. The summed E-state index contributed by atoms with van der Waals surface area (Å²) in [5, 5.41) is 15.3. The number of para-hydroxylation sites is 3. The molecule has 0 saturated carbocycles. The van der Waals surface area contributed by atoms with Crippen molar-refractivity contribution >= 4 is 33.9 Å². The molecule has 2 heterocycles. The second kappa shape index (κ2) is 6.30. The van der Waals surface area contributed by atoms with Gasteiger partial charge >= 0.3 is 0 Å². The Kier molecular flexibility index (Phi) is 3.82. The summed E-state index contributed by atoms with van der Waals surface area (Å²) in [7, 11) is 0. The Labute approximate surface area is 150 Å². The first-order valence-electron chi connectivity index (χ1n) is 8.18. The molecular formula is C20H15N5O. The predicted molar refractivity (Wildman–Crippen MR) is 100 cm³/mol. The number of nitrogens with zero attached hydrogens (tertiary/aromatic N) is 4. The second-order valence-electron chi connectivity index (χ2n) is 6.00. The first kappa shape index (κ1) is 15.8. The van der Waals surface area contributed by atoms with Gasteiger partial charge in [0.25, 0.3) is 5.91 Å². The number of hydrazone groups is 1. The quantitative estimate of drug-likeness (QED) is 0.740. The third kappa shape index (κ3) is 2.66. The maximum Gasteiger partial charge on any atom is 0.260 e. The van der Waals surface area contributed by atoms with Gasteiger partial charge in [0.1, 0.15) is 11.9 Å². The van der Waals surface area contributed by atoms with Crippen LogP contribution in [0.2, 0.25) is 0 Å². The fourth-order valence-corrected chi connectivity index (χ4v) is 2.94. The molecule has 1 aliphatic heterocycles. The van der Waals surface area contributed by atoms with E-state index < -0.39 is 5.92 Å². The van der Waals surface area contributed by atoms with Gasteiger partial charge in [-0.05, 0) is 37.3 Å². The highest BCUT2D eigenvalue weighted by Gasteiger charge is 2.33. The van der Waals surface area contributed by atoms with Gasteiger partial charge in [-0.25, -0.2) is 4.98 Å². The maximum absolute atomic E-state index is 12.8. The van der Waals surface area contributed by atoms with E-state index >= 15 is 0 Å². The molecule has 6 heteroatoms. The molecule has 2 aromatic carbocycles. The van der Waals surface area contributed by atoms with Gasteiger partial charge in [-0.2, -0.15) is 15.4 Å². The minimum absolute atomic E-state index is 0.183. The normalized spacial score (nSPS) is 17.5. The zero-order valence-electron chi connectivity index (χ0n) is 14.0. The molecule has 4 rings (SSSR count). The molecule has 1 amide bonds. The van der Waals surface area contributed by atoms with E-state index in [2.05, 4.69) is 21.1 Å². The van der Waals surface area contributed by atoms with Crippen LogP contribution in [0.25, 0.3) is 16.6 Å². The van der Waals surface area contributed by atoms with Crippen LogP contribution >= 0.6 is 0 Å².